The molecule has 0 radical (unpaired) electrons. The summed E-state index contributed by atoms with van der Waals surface area (Å²) in [5, 5.41) is 0. The summed E-state index contributed by atoms with van der Waals surface area (Å²) >= 11 is 0. The van der Waals surface area contributed by atoms with Crippen molar-refractivity contribution in [2.45, 2.75) is 27.2 Å². The van der Waals surface area contributed by atoms with Gasteiger partial charge in [0.1, 0.15) is 19.6 Å². The molecule has 0 aromatic heterocycles. The monoisotopic (exact) mass is 221 g/mol. The van der Waals surface area contributed by atoms with Crippen molar-refractivity contribution in [2.75, 3.05) is 19.6 Å². The fourth-order valence-corrected chi connectivity index (χ4v) is 1.35. The molecule has 0 aliphatic carbocycles. The highest BCUT2D eigenvalue weighted by Crippen LogP contribution is 2.09. The second-order valence-electron chi connectivity index (χ2n) is 3.03. The number of carbonyl (C=O) groups is 1. The minimum Gasteiger partial charge on any atom is -1.00 e. The number of rotatable bonds is 6. The van der Waals surface area contributed by atoms with E-state index in [0.29, 0.717) is 4.65 Å². The number of nitrogens with zero attached hydrogens (tertiary/aromatic N) is 1. The first kappa shape index (κ1) is 15.9. The molecule has 0 aliphatic heterocycles. The average molecular weight is 222 g/mol. The van der Waals surface area contributed by atoms with E-state index in [0.717, 1.165) is 26.1 Å². The van der Waals surface area contributed by atoms with Crippen LogP contribution in [0.15, 0.2) is 12.7 Å². The van der Waals surface area contributed by atoms with Crippen molar-refractivity contribution in [1.29, 1.82) is 0 Å². The molecule has 0 heterocycles. The van der Waals surface area contributed by atoms with Crippen LogP contribution in [-0.4, -0.2) is 30.2 Å². The predicted molar refractivity (Wildman–Crippen MR) is 52.8 cm³/mol. The Balaban J connectivity index is 0. The summed E-state index contributed by atoms with van der Waals surface area (Å²) in [6.45, 7) is 12.0. The van der Waals surface area contributed by atoms with Gasteiger partial charge in [0.15, 0.2) is 0 Å². The molecule has 0 amide bonds. The van der Waals surface area contributed by atoms with Crippen molar-refractivity contribution >= 4 is 5.97 Å². The van der Waals surface area contributed by atoms with E-state index < -0.39 is 0 Å². The predicted octanol–water partition coefficient (Wildman–Crippen LogP) is -1.10. The van der Waals surface area contributed by atoms with Crippen LogP contribution in [0.4, 0.5) is 0 Å². The fraction of sp³-hybridized carbons (Fsp3) is 0.700. The summed E-state index contributed by atoms with van der Waals surface area (Å²) in [6, 6.07) is 0. The van der Waals surface area contributed by atoms with Crippen LogP contribution in [0.2, 0.25) is 0 Å². The summed E-state index contributed by atoms with van der Waals surface area (Å²) in [5.74, 6) is -0.336. The van der Waals surface area contributed by atoms with Crippen molar-refractivity contribution in [3.63, 3.8) is 0 Å². The van der Waals surface area contributed by atoms with Crippen LogP contribution in [0.1, 0.15) is 27.2 Å². The fourth-order valence-electron chi connectivity index (χ4n) is 1.35. The van der Waals surface area contributed by atoms with Crippen molar-refractivity contribution in [1.82, 2.24) is 0 Å². The van der Waals surface area contributed by atoms with Gasteiger partial charge in [-0.1, -0.05) is 13.5 Å². The van der Waals surface area contributed by atoms with Crippen LogP contribution in [0, 0.1) is 0 Å². The largest absolute Gasteiger partial charge is 1.00 e. The van der Waals surface area contributed by atoms with E-state index in [1.807, 2.05) is 13.8 Å². The third kappa shape index (κ3) is 4.63. The number of hydroxylamine groups is 3. The third-order valence-corrected chi connectivity index (χ3v) is 2.23. The van der Waals surface area contributed by atoms with Crippen LogP contribution in [-0.2, 0) is 9.63 Å². The zero-order valence-corrected chi connectivity index (χ0v) is 10.0. The molecule has 0 saturated heterocycles. The second-order valence-corrected chi connectivity index (χ2v) is 3.03. The summed E-state index contributed by atoms with van der Waals surface area (Å²) < 4.78 is 0.404. The Labute approximate surface area is 92.7 Å². The zero-order valence-electron chi connectivity index (χ0n) is 9.25. The Morgan fingerprint density at radius 1 is 1.36 bits per heavy atom. The van der Waals surface area contributed by atoms with Gasteiger partial charge in [0.25, 0.3) is 0 Å². The van der Waals surface area contributed by atoms with Gasteiger partial charge < -0.3 is 12.4 Å². The average Bonchev–Trinajstić information content (AvgIpc) is 2.17. The van der Waals surface area contributed by atoms with Crippen molar-refractivity contribution in [3.05, 3.63) is 12.7 Å². The maximum absolute atomic E-state index is 11.1. The lowest BCUT2D eigenvalue weighted by Gasteiger charge is -2.31. The summed E-state index contributed by atoms with van der Waals surface area (Å²) in [5.41, 5.74) is 0. The molecule has 0 saturated carbocycles. The van der Waals surface area contributed by atoms with Gasteiger partial charge in [-0.25, -0.2) is 4.79 Å². The molecule has 0 aliphatic rings. The Kier molecular flexibility index (Phi) is 8.89. The van der Waals surface area contributed by atoms with Gasteiger partial charge in [0.2, 0.25) is 0 Å². The topological polar surface area (TPSA) is 26.3 Å². The molecule has 4 heteroatoms. The van der Waals surface area contributed by atoms with Crippen molar-refractivity contribution in [2.24, 2.45) is 0 Å². The molecular formula is C10H20ClNO2. The Morgan fingerprint density at radius 2 is 1.86 bits per heavy atom. The van der Waals surface area contributed by atoms with Gasteiger partial charge in [-0.2, -0.15) is 0 Å². The highest BCUT2D eigenvalue weighted by Gasteiger charge is 2.27. The van der Waals surface area contributed by atoms with E-state index >= 15 is 0 Å². The van der Waals surface area contributed by atoms with Gasteiger partial charge in [-0.15, -0.1) is 4.65 Å². The Morgan fingerprint density at radius 3 is 2.14 bits per heavy atom. The molecule has 3 nitrogen and oxygen atoms in total. The number of hydrogen-bond donors (Lipinski definition) is 0. The molecule has 0 unspecified atom stereocenters. The minimum atomic E-state index is -0.336. The Bertz CT molecular complexity index is 179. The molecule has 14 heavy (non-hydrogen) atoms. The molecular weight excluding hydrogens is 202 g/mol. The summed E-state index contributed by atoms with van der Waals surface area (Å²) in [7, 11) is 0. The SMILES string of the molecule is C=CC(=O)O[N+](CC)(CC)CCC.[Cl-]. The molecule has 84 valence electrons. The molecule has 0 bridgehead atoms. The van der Waals surface area contributed by atoms with Crippen LogP contribution < -0.4 is 12.4 Å². The van der Waals surface area contributed by atoms with Crippen molar-refractivity contribution in [3.8, 4) is 0 Å². The minimum absolute atomic E-state index is 0. The third-order valence-electron chi connectivity index (χ3n) is 2.23. The van der Waals surface area contributed by atoms with Crippen LogP contribution in [0.3, 0.4) is 0 Å². The number of quaternary nitrogens is 1. The maximum Gasteiger partial charge on any atom is 0.389 e. The maximum atomic E-state index is 11.1. The van der Waals surface area contributed by atoms with Gasteiger partial charge in [-0.05, 0) is 20.3 Å². The van der Waals surface area contributed by atoms with E-state index in [-0.39, 0.29) is 18.4 Å². The standard InChI is InChI=1S/C10H20NO2.ClH/c1-5-9-11(7-3,8-4)13-10(12)6-2;/h6H,2,5,7-9H2,1,3-4H3;1H/q+1;/p-1. The first-order valence-electron chi connectivity index (χ1n) is 4.86. The lowest BCUT2D eigenvalue weighted by Crippen LogP contribution is -3.00. The van der Waals surface area contributed by atoms with Gasteiger partial charge in [0.05, 0.1) is 0 Å². The molecule has 0 spiro atoms. The van der Waals surface area contributed by atoms with Gasteiger partial charge in [-0.3, -0.25) is 4.84 Å². The van der Waals surface area contributed by atoms with E-state index in [2.05, 4.69) is 13.5 Å². The zero-order chi connectivity index (χ0) is 10.3. The normalized spacial score (nSPS) is 10.2. The first-order chi connectivity index (χ1) is 6.14. The molecule has 0 atom stereocenters. The van der Waals surface area contributed by atoms with E-state index in [1.54, 1.807) is 0 Å². The second kappa shape index (κ2) is 7.83. The number of carbonyl (C=O) groups excluding carboxylic acids is 1. The molecule has 0 rings (SSSR count). The van der Waals surface area contributed by atoms with Crippen LogP contribution >= 0.6 is 0 Å². The van der Waals surface area contributed by atoms with E-state index in [4.69, 9.17) is 4.84 Å². The highest BCUT2D eigenvalue weighted by molar-refractivity contribution is 5.80. The summed E-state index contributed by atoms with van der Waals surface area (Å²) in [6.07, 6.45) is 2.22. The number of hydrogen-bond acceptors (Lipinski definition) is 2. The molecule has 0 aromatic rings. The molecule has 0 aromatic carbocycles. The van der Waals surface area contributed by atoms with Crippen LogP contribution in [0.25, 0.3) is 0 Å². The summed E-state index contributed by atoms with van der Waals surface area (Å²) in [4.78, 5) is 16.4. The number of halogens is 1. The lowest BCUT2D eigenvalue weighted by molar-refractivity contribution is -1.09. The quantitative estimate of drug-likeness (QED) is 0.324. The lowest BCUT2D eigenvalue weighted by atomic mass is 10.4. The van der Waals surface area contributed by atoms with Gasteiger partial charge >= 0.3 is 5.97 Å². The van der Waals surface area contributed by atoms with Gasteiger partial charge in [0, 0.05) is 6.08 Å². The molecule has 0 N–H and O–H groups in total. The smallest absolute Gasteiger partial charge is 0.389 e. The Hall–Kier alpha value is -0.540. The first-order valence-corrected chi connectivity index (χ1v) is 4.86. The van der Waals surface area contributed by atoms with E-state index in [9.17, 15) is 4.79 Å². The van der Waals surface area contributed by atoms with E-state index in [1.165, 1.54) is 6.08 Å². The van der Waals surface area contributed by atoms with Crippen molar-refractivity contribution < 1.29 is 26.7 Å². The highest BCUT2D eigenvalue weighted by atomic mass is 35.5. The van der Waals surface area contributed by atoms with Crippen LogP contribution in [0.5, 0.6) is 0 Å². The molecule has 0 fully saturated rings.